The fraction of sp³-hybridized carbons (Fsp3) is 0.115. The number of aromatic hydroxyl groups is 2. The second-order valence-electron chi connectivity index (χ2n) is 7.64. The van der Waals surface area contributed by atoms with Gasteiger partial charge in [-0.15, -0.1) is 0 Å². The van der Waals surface area contributed by atoms with Crippen LogP contribution < -0.4 is 0 Å². The zero-order valence-electron chi connectivity index (χ0n) is 18.0. The molecule has 0 aromatic heterocycles. The number of ketones is 1. The summed E-state index contributed by atoms with van der Waals surface area (Å²) in [6.45, 7) is 3.06. The lowest BCUT2D eigenvalue weighted by molar-refractivity contribution is -0.115. The van der Waals surface area contributed by atoms with Crippen LogP contribution in [-0.2, 0) is 11.2 Å². The number of carboxylic acids is 2. The number of rotatable bonds is 4. The van der Waals surface area contributed by atoms with Crippen molar-refractivity contribution in [2.24, 2.45) is 0 Å². The van der Waals surface area contributed by atoms with E-state index in [4.69, 9.17) is 0 Å². The Morgan fingerprint density at radius 2 is 1.00 bits per heavy atom. The number of Topliss-reactive ketones (excluding diaryl/α,β-unsaturated/α-hetero) is 1. The maximum atomic E-state index is 11.6. The molecule has 0 fully saturated rings. The lowest BCUT2D eigenvalue weighted by Crippen LogP contribution is -2.04. The van der Waals surface area contributed by atoms with E-state index in [1.54, 1.807) is 48.5 Å². The summed E-state index contributed by atoms with van der Waals surface area (Å²) in [6.07, 6.45) is -0.0407. The number of benzene rings is 4. The van der Waals surface area contributed by atoms with Crippen LogP contribution in [0.1, 0.15) is 45.7 Å². The lowest BCUT2D eigenvalue weighted by atomic mass is 9.90. The van der Waals surface area contributed by atoms with Crippen molar-refractivity contribution in [3.63, 3.8) is 0 Å². The number of fused-ring (bicyclic) bond motifs is 2. The van der Waals surface area contributed by atoms with Gasteiger partial charge in [-0.3, -0.25) is 0 Å². The van der Waals surface area contributed by atoms with Crippen LogP contribution in [0.5, 0.6) is 11.5 Å². The van der Waals surface area contributed by atoms with Gasteiger partial charge < -0.3 is 25.2 Å². The van der Waals surface area contributed by atoms with Gasteiger partial charge in [0.25, 0.3) is 0 Å². The second-order valence-corrected chi connectivity index (χ2v) is 7.64. The van der Waals surface area contributed by atoms with E-state index >= 15 is 0 Å². The number of phenols is 2. The Balaban J connectivity index is 0.000000709. The smallest absolute Gasteiger partial charge is 0.339 e. The molecule has 0 amide bonds. The van der Waals surface area contributed by atoms with E-state index in [2.05, 4.69) is 0 Å². The molecule has 4 rings (SSSR count). The Morgan fingerprint density at radius 1 is 0.667 bits per heavy atom. The molecular weight excluding hydrogens is 424 g/mol. The average Bonchev–Trinajstić information content (AvgIpc) is 2.75. The number of carbonyl (C=O) groups is 3. The standard InChI is InChI=1S/C23H16O6.C3H6O/c24-20-16(14-7-3-1-5-12(14)9-18(20)22(26)27)11-17-15-8-4-2-6-13(15)10-19(21(17)25)23(28)29;1-3(2)4/h1-10,24-25H,11H2,(H,26,27)(H,28,29);1-2H3. The highest BCUT2D eigenvalue weighted by atomic mass is 16.4. The van der Waals surface area contributed by atoms with E-state index < -0.39 is 23.4 Å². The normalized spacial score (nSPS) is 10.5. The van der Waals surface area contributed by atoms with Gasteiger partial charge >= 0.3 is 11.9 Å². The van der Waals surface area contributed by atoms with Crippen molar-refractivity contribution in [1.82, 2.24) is 0 Å². The van der Waals surface area contributed by atoms with Crippen LogP contribution in [-0.4, -0.2) is 38.1 Å². The predicted molar refractivity (Wildman–Crippen MR) is 124 cm³/mol. The van der Waals surface area contributed by atoms with Gasteiger partial charge in [0, 0.05) is 17.5 Å². The van der Waals surface area contributed by atoms with Crippen molar-refractivity contribution >= 4 is 39.3 Å². The average molecular weight is 446 g/mol. The Morgan fingerprint density at radius 3 is 1.33 bits per heavy atom. The molecule has 0 radical (unpaired) electrons. The van der Waals surface area contributed by atoms with E-state index in [0.717, 1.165) is 0 Å². The summed E-state index contributed by atoms with van der Waals surface area (Å²) < 4.78 is 0. The van der Waals surface area contributed by atoms with Gasteiger partial charge in [-0.1, -0.05) is 48.5 Å². The van der Waals surface area contributed by atoms with Crippen molar-refractivity contribution in [2.45, 2.75) is 20.3 Å². The Labute approximate surface area is 189 Å². The third-order valence-corrected chi connectivity index (χ3v) is 5.07. The monoisotopic (exact) mass is 446 g/mol. The molecule has 4 aromatic carbocycles. The minimum Gasteiger partial charge on any atom is -0.507 e. The van der Waals surface area contributed by atoms with Gasteiger partial charge in [-0.05, 0) is 47.5 Å². The highest BCUT2D eigenvalue weighted by Gasteiger charge is 2.22. The van der Waals surface area contributed by atoms with Gasteiger partial charge in [-0.2, -0.15) is 0 Å². The lowest BCUT2D eigenvalue weighted by Gasteiger charge is -2.16. The molecule has 0 saturated carbocycles. The summed E-state index contributed by atoms with van der Waals surface area (Å²) >= 11 is 0. The zero-order valence-corrected chi connectivity index (χ0v) is 18.0. The second kappa shape index (κ2) is 9.40. The quantitative estimate of drug-likeness (QED) is 0.347. The summed E-state index contributed by atoms with van der Waals surface area (Å²) in [4.78, 5) is 32.7. The molecule has 0 aliphatic carbocycles. The first-order chi connectivity index (χ1) is 15.6. The van der Waals surface area contributed by atoms with Crippen LogP contribution in [0, 0.1) is 0 Å². The summed E-state index contributed by atoms with van der Waals surface area (Å²) in [7, 11) is 0. The van der Waals surface area contributed by atoms with Crippen molar-refractivity contribution < 1.29 is 34.8 Å². The molecule has 4 aromatic rings. The topological polar surface area (TPSA) is 132 Å². The fourth-order valence-electron chi connectivity index (χ4n) is 3.68. The molecule has 0 aliphatic rings. The van der Waals surface area contributed by atoms with Gasteiger partial charge in [0.1, 0.15) is 28.4 Å². The number of carboxylic acid groups (broad SMARTS) is 2. The van der Waals surface area contributed by atoms with Crippen LogP contribution >= 0.6 is 0 Å². The SMILES string of the molecule is CC(C)=O.O=C(O)c1cc2ccccc2c(Cc2c(O)c(C(=O)O)cc3ccccc23)c1O. The van der Waals surface area contributed by atoms with E-state index in [1.807, 2.05) is 0 Å². The Hall–Kier alpha value is -4.39. The van der Waals surface area contributed by atoms with Gasteiger partial charge in [-0.25, -0.2) is 9.59 Å². The molecule has 0 spiro atoms. The molecule has 0 atom stereocenters. The number of aromatic carboxylic acids is 2. The number of carbonyl (C=O) groups excluding carboxylic acids is 1. The summed E-state index contributed by atoms with van der Waals surface area (Å²) in [6, 6.07) is 16.8. The van der Waals surface area contributed by atoms with Crippen LogP contribution in [0.15, 0.2) is 60.7 Å². The van der Waals surface area contributed by atoms with Crippen molar-refractivity contribution in [2.75, 3.05) is 0 Å². The van der Waals surface area contributed by atoms with Crippen molar-refractivity contribution in [3.05, 3.63) is 82.9 Å². The zero-order chi connectivity index (χ0) is 24.3. The molecule has 4 N–H and O–H groups in total. The summed E-state index contributed by atoms with van der Waals surface area (Å²) in [5.74, 6) is -3.19. The molecule has 7 heteroatoms. The van der Waals surface area contributed by atoms with Crippen LogP contribution in [0.3, 0.4) is 0 Å². The number of hydrogen-bond acceptors (Lipinski definition) is 5. The minimum absolute atomic E-state index is 0.0407. The predicted octanol–water partition coefficient (Wildman–Crippen LogP) is 4.99. The summed E-state index contributed by atoms with van der Waals surface area (Å²) in [5, 5.41) is 42.8. The van der Waals surface area contributed by atoms with Gasteiger partial charge in [0.2, 0.25) is 0 Å². The third-order valence-electron chi connectivity index (χ3n) is 5.07. The van der Waals surface area contributed by atoms with Crippen molar-refractivity contribution in [1.29, 1.82) is 0 Å². The first-order valence-corrected chi connectivity index (χ1v) is 10.0. The number of hydrogen-bond donors (Lipinski definition) is 4. The molecule has 168 valence electrons. The highest BCUT2D eigenvalue weighted by molar-refractivity contribution is 6.02. The summed E-state index contributed by atoms with van der Waals surface area (Å²) in [5.41, 5.74) is 0.112. The molecule has 0 saturated heterocycles. The first-order valence-electron chi connectivity index (χ1n) is 10.0. The van der Waals surface area contributed by atoms with Crippen LogP contribution in [0.25, 0.3) is 21.5 Å². The van der Waals surface area contributed by atoms with E-state index in [-0.39, 0.29) is 23.3 Å². The molecule has 7 nitrogen and oxygen atoms in total. The first kappa shape index (κ1) is 23.3. The Kier molecular flexibility index (Phi) is 6.63. The largest absolute Gasteiger partial charge is 0.507 e. The minimum atomic E-state index is -1.28. The van der Waals surface area contributed by atoms with Crippen LogP contribution in [0.2, 0.25) is 0 Å². The van der Waals surface area contributed by atoms with Gasteiger partial charge in [0.15, 0.2) is 0 Å². The maximum Gasteiger partial charge on any atom is 0.339 e. The molecule has 33 heavy (non-hydrogen) atoms. The van der Waals surface area contributed by atoms with E-state index in [9.17, 15) is 34.8 Å². The fourth-order valence-corrected chi connectivity index (χ4v) is 3.68. The Bertz CT molecular complexity index is 1300. The van der Waals surface area contributed by atoms with Gasteiger partial charge in [0.05, 0.1) is 0 Å². The van der Waals surface area contributed by atoms with Crippen molar-refractivity contribution in [3.8, 4) is 11.5 Å². The molecule has 0 heterocycles. The van der Waals surface area contributed by atoms with Crippen LogP contribution in [0.4, 0.5) is 0 Å². The molecule has 0 aliphatic heterocycles. The highest BCUT2D eigenvalue weighted by Crippen LogP contribution is 2.38. The maximum absolute atomic E-state index is 11.6. The molecule has 0 unspecified atom stereocenters. The van der Waals surface area contributed by atoms with E-state index in [1.165, 1.54) is 26.0 Å². The molecule has 0 bridgehead atoms. The third kappa shape index (κ3) is 4.77. The van der Waals surface area contributed by atoms with E-state index in [0.29, 0.717) is 32.7 Å². The molecular formula is C26H22O7.